The molecule has 0 spiro atoms. The molecule has 1 heterocycles. The van der Waals surface area contributed by atoms with Gasteiger partial charge in [0.1, 0.15) is 0 Å². The number of allylic oxidation sites excluding steroid dienone is 1. The molecule has 2 aromatic rings. The highest BCUT2D eigenvalue weighted by Gasteiger charge is 1.92. The van der Waals surface area contributed by atoms with Gasteiger partial charge in [-0.1, -0.05) is 30.4 Å². The summed E-state index contributed by atoms with van der Waals surface area (Å²) in [6.45, 7) is 2.01. The van der Waals surface area contributed by atoms with Crippen LogP contribution in [0.3, 0.4) is 0 Å². The van der Waals surface area contributed by atoms with Crippen molar-refractivity contribution < 1.29 is 0 Å². The van der Waals surface area contributed by atoms with Gasteiger partial charge in [0.05, 0.1) is 5.52 Å². The Morgan fingerprint density at radius 2 is 2.08 bits per heavy atom. The van der Waals surface area contributed by atoms with Crippen LogP contribution in [0, 0.1) is 0 Å². The fourth-order valence-corrected chi connectivity index (χ4v) is 1.37. The number of para-hydroxylation sites is 1. The molecule has 0 aliphatic rings. The van der Waals surface area contributed by atoms with Gasteiger partial charge in [0.2, 0.25) is 0 Å². The second-order valence-corrected chi connectivity index (χ2v) is 2.96. The number of benzene rings is 1. The standard InChI is InChI=1S/C12H11N/c1-2-5-10-8-11-6-3-4-7-12(11)13-9-10/h2-9H,1H3/b5-2+. The van der Waals surface area contributed by atoms with E-state index in [-0.39, 0.29) is 0 Å². The van der Waals surface area contributed by atoms with Crippen molar-refractivity contribution in [2.24, 2.45) is 0 Å². The summed E-state index contributed by atoms with van der Waals surface area (Å²) in [5.41, 5.74) is 2.21. The maximum absolute atomic E-state index is 4.35. The summed E-state index contributed by atoms with van der Waals surface area (Å²) >= 11 is 0. The number of rotatable bonds is 1. The van der Waals surface area contributed by atoms with Crippen LogP contribution in [0.1, 0.15) is 12.5 Å². The van der Waals surface area contributed by atoms with Crippen molar-refractivity contribution in [3.8, 4) is 0 Å². The van der Waals surface area contributed by atoms with Gasteiger partial charge in [0, 0.05) is 11.6 Å². The summed E-state index contributed by atoms with van der Waals surface area (Å²) in [6.07, 6.45) is 5.97. The van der Waals surface area contributed by atoms with E-state index < -0.39 is 0 Å². The molecule has 0 bridgehead atoms. The second kappa shape index (κ2) is 3.40. The molecule has 64 valence electrons. The number of fused-ring (bicyclic) bond motifs is 1. The van der Waals surface area contributed by atoms with Gasteiger partial charge in [-0.15, -0.1) is 0 Å². The van der Waals surface area contributed by atoms with Crippen LogP contribution in [-0.4, -0.2) is 4.98 Å². The highest BCUT2D eigenvalue weighted by Crippen LogP contribution is 2.13. The molecule has 0 N–H and O–H groups in total. The van der Waals surface area contributed by atoms with E-state index in [2.05, 4.69) is 23.2 Å². The van der Waals surface area contributed by atoms with E-state index in [0.717, 1.165) is 11.1 Å². The van der Waals surface area contributed by atoms with Crippen LogP contribution in [-0.2, 0) is 0 Å². The third-order valence-electron chi connectivity index (χ3n) is 1.97. The van der Waals surface area contributed by atoms with Crippen molar-refractivity contribution in [1.29, 1.82) is 0 Å². The zero-order valence-corrected chi connectivity index (χ0v) is 7.57. The summed E-state index contributed by atoms with van der Waals surface area (Å²) < 4.78 is 0. The molecule has 13 heavy (non-hydrogen) atoms. The van der Waals surface area contributed by atoms with Crippen molar-refractivity contribution in [3.05, 3.63) is 48.2 Å². The van der Waals surface area contributed by atoms with Crippen LogP contribution in [0.25, 0.3) is 17.0 Å². The smallest absolute Gasteiger partial charge is 0.0702 e. The first-order chi connectivity index (χ1) is 6.40. The van der Waals surface area contributed by atoms with Gasteiger partial charge < -0.3 is 0 Å². The Balaban J connectivity index is 2.62. The van der Waals surface area contributed by atoms with Crippen LogP contribution in [0.2, 0.25) is 0 Å². The van der Waals surface area contributed by atoms with E-state index in [4.69, 9.17) is 0 Å². The SMILES string of the molecule is C/C=C/c1cnc2ccccc2c1. The lowest BCUT2D eigenvalue weighted by atomic mass is 10.1. The van der Waals surface area contributed by atoms with Crippen molar-refractivity contribution in [1.82, 2.24) is 4.98 Å². The molecule has 0 unspecified atom stereocenters. The molecular weight excluding hydrogens is 158 g/mol. The molecule has 0 aliphatic heterocycles. The lowest BCUT2D eigenvalue weighted by Gasteiger charge is -1.97. The number of hydrogen-bond donors (Lipinski definition) is 0. The molecule has 0 fully saturated rings. The maximum Gasteiger partial charge on any atom is 0.0702 e. The van der Waals surface area contributed by atoms with Crippen molar-refractivity contribution >= 4 is 17.0 Å². The Morgan fingerprint density at radius 3 is 2.92 bits per heavy atom. The number of pyridine rings is 1. The molecular formula is C12H11N. The Labute approximate surface area is 77.7 Å². The quantitative estimate of drug-likeness (QED) is 0.638. The first kappa shape index (κ1) is 7.99. The molecule has 1 heteroatoms. The van der Waals surface area contributed by atoms with E-state index >= 15 is 0 Å². The molecule has 0 saturated heterocycles. The first-order valence-electron chi connectivity index (χ1n) is 4.37. The zero-order valence-electron chi connectivity index (χ0n) is 7.57. The van der Waals surface area contributed by atoms with Crippen LogP contribution < -0.4 is 0 Å². The number of nitrogens with zero attached hydrogens (tertiary/aromatic N) is 1. The molecule has 0 radical (unpaired) electrons. The van der Waals surface area contributed by atoms with E-state index in [1.54, 1.807) is 0 Å². The van der Waals surface area contributed by atoms with E-state index in [1.807, 2.05) is 37.4 Å². The largest absolute Gasteiger partial charge is 0.256 e. The molecule has 0 atom stereocenters. The highest BCUT2D eigenvalue weighted by molar-refractivity contribution is 5.80. The molecule has 1 aromatic carbocycles. The van der Waals surface area contributed by atoms with Crippen LogP contribution in [0.15, 0.2) is 42.6 Å². The number of aromatic nitrogens is 1. The van der Waals surface area contributed by atoms with E-state index in [1.165, 1.54) is 5.39 Å². The molecule has 0 aliphatic carbocycles. The first-order valence-corrected chi connectivity index (χ1v) is 4.37. The fourth-order valence-electron chi connectivity index (χ4n) is 1.37. The summed E-state index contributed by atoms with van der Waals surface area (Å²) in [4.78, 5) is 4.35. The van der Waals surface area contributed by atoms with Gasteiger partial charge in [-0.25, -0.2) is 0 Å². The Kier molecular flexibility index (Phi) is 2.09. The minimum Gasteiger partial charge on any atom is -0.256 e. The predicted octanol–water partition coefficient (Wildman–Crippen LogP) is 3.27. The van der Waals surface area contributed by atoms with Crippen molar-refractivity contribution in [2.45, 2.75) is 6.92 Å². The van der Waals surface area contributed by atoms with Crippen LogP contribution >= 0.6 is 0 Å². The topological polar surface area (TPSA) is 12.9 Å². The highest BCUT2D eigenvalue weighted by atomic mass is 14.6. The lowest BCUT2D eigenvalue weighted by Crippen LogP contribution is -1.79. The summed E-state index contributed by atoms with van der Waals surface area (Å²) in [5.74, 6) is 0. The summed E-state index contributed by atoms with van der Waals surface area (Å²) in [6, 6.07) is 10.3. The Morgan fingerprint density at radius 1 is 1.23 bits per heavy atom. The molecule has 0 saturated carbocycles. The van der Waals surface area contributed by atoms with Crippen molar-refractivity contribution in [3.63, 3.8) is 0 Å². The van der Waals surface area contributed by atoms with Gasteiger partial charge >= 0.3 is 0 Å². The zero-order chi connectivity index (χ0) is 9.10. The van der Waals surface area contributed by atoms with Gasteiger partial charge in [-0.2, -0.15) is 0 Å². The monoisotopic (exact) mass is 169 g/mol. The van der Waals surface area contributed by atoms with Gasteiger partial charge in [0.25, 0.3) is 0 Å². The number of hydrogen-bond acceptors (Lipinski definition) is 1. The summed E-state index contributed by atoms with van der Waals surface area (Å²) in [5, 5.41) is 1.19. The predicted molar refractivity (Wildman–Crippen MR) is 56.5 cm³/mol. The second-order valence-electron chi connectivity index (χ2n) is 2.96. The third kappa shape index (κ3) is 1.59. The van der Waals surface area contributed by atoms with Gasteiger partial charge in [-0.05, 0) is 24.6 Å². The normalized spacial score (nSPS) is 11.2. The average molecular weight is 169 g/mol. The Hall–Kier alpha value is -1.63. The third-order valence-corrected chi connectivity index (χ3v) is 1.97. The lowest BCUT2D eigenvalue weighted by molar-refractivity contribution is 1.40. The molecule has 1 aromatic heterocycles. The maximum atomic E-state index is 4.35. The molecule has 2 rings (SSSR count). The van der Waals surface area contributed by atoms with Gasteiger partial charge in [-0.3, -0.25) is 4.98 Å². The average Bonchev–Trinajstić information content (AvgIpc) is 2.18. The van der Waals surface area contributed by atoms with Crippen LogP contribution in [0.5, 0.6) is 0 Å². The van der Waals surface area contributed by atoms with E-state index in [9.17, 15) is 0 Å². The van der Waals surface area contributed by atoms with Gasteiger partial charge in [0.15, 0.2) is 0 Å². The van der Waals surface area contributed by atoms with Crippen LogP contribution in [0.4, 0.5) is 0 Å². The Bertz CT molecular complexity index is 444. The minimum atomic E-state index is 1.05. The van der Waals surface area contributed by atoms with E-state index in [0.29, 0.717) is 0 Å². The minimum absolute atomic E-state index is 1.05. The van der Waals surface area contributed by atoms with Crippen molar-refractivity contribution in [2.75, 3.05) is 0 Å². The summed E-state index contributed by atoms with van der Waals surface area (Å²) in [7, 11) is 0. The molecule has 0 amide bonds. The molecule has 1 nitrogen and oxygen atoms in total. The fraction of sp³-hybridized carbons (Fsp3) is 0.0833.